The fourth-order valence-electron chi connectivity index (χ4n) is 3.54. The molecule has 0 bridgehead atoms. The topological polar surface area (TPSA) is 166 Å². The molecule has 1 saturated heterocycles. The Morgan fingerprint density at radius 2 is 1.83 bits per heavy atom. The first-order valence-electron chi connectivity index (χ1n) is 9.45. The fraction of sp³-hybridized carbons (Fsp3) is 0.421. The van der Waals surface area contributed by atoms with Crippen molar-refractivity contribution in [3.8, 4) is 0 Å². The van der Waals surface area contributed by atoms with Crippen molar-refractivity contribution in [3.05, 3.63) is 48.5 Å². The molecule has 30 heavy (non-hydrogen) atoms. The number of anilines is 1. The number of nitrogens with zero attached hydrogens (tertiary/aromatic N) is 4. The van der Waals surface area contributed by atoms with Gasteiger partial charge in [-0.2, -0.15) is 0 Å². The van der Waals surface area contributed by atoms with Gasteiger partial charge in [0.05, 0.1) is 25.6 Å². The van der Waals surface area contributed by atoms with E-state index in [-0.39, 0.29) is 12.4 Å². The van der Waals surface area contributed by atoms with Crippen LogP contribution < -0.4 is 5.32 Å². The molecule has 2 aromatic heterocycles. The van der Waals surface area contributed by atoms with Crippen LogP contribution in [0.15, 0.2) is 43.0 Å². The van der Waals surface area contributed by atoms with Crippen LogP contribution in [0.5, 0.6) is 0 Å². The summed E-state index contributed by atoms with van der Waals surface area (Å²) in [5, 5.41) is 53.0. The van der Waals surface area contributed by atoms with Crippen LogP contribution >= 0.6 is 0 Å². The fourth-order valence-corrected chi connectivity index (χ4v) is 3.54. The van der Waals surface area contributed by atoms with Crippen molar-refractivity contribution in [3.63, 3.8) is 0 Å². The highest BCUT2D eigenvalue weighted by Gasteiger charge is 2.44. The summed E-state index contributed by atoms with van der Waals surface area (Å²) < 4.78 is 6.98. The lowest BCUT2D eigenvalue weighted by Crippen LogP contribution is -2.33. The van der Waals surface area contributed by atoms with Crippen LogP contribution in [0, 0.1) is 0 Å². The van der Waals surface area contributed by atoms with E-state index in [2.05, 4.69) is 20.3 Å². The van der Waals surface area contributed by atoms with Gasteiger partial charge in [-0.3, -0.25) is 4.57 Å². The first-order chi connectivity index (χ1) is 14.5. The Hall–Kier alpha value is -2.67. The number of hydrogen-bond acceptors (Lipinski definition) is 10. The van der Waals surface area contributed by atoms with Crippen molar-refractivity contribution in [2.24, 2.45) is 0 Å². The van der Waals surface area contributed by atoms with Crippen molar-refractivity contribution in [2.45, 2.75) is 36.7 Å². The van der Waals surface area contributed by atoms with Crippen molar-refractivity contribution in [1.29, 1.82) is 0 Å². The number of fused-ring (bicyclic) bond motifs is 1. The number of aliphatic hydroxyl groups is 5. The van der Waals surface area contributed by atoms with E-state index >= 15 is 0 Å². The molecule has 3 heterocycles. The molecule has 1 aliphatic rings. The molecule has 4 rings (SSSR count). The van der Waals surface area contributed by atoms with Gasteiger partial charge >= 0.3 is 0 Å². The van der Waals surface area contributed by atoms with E-state index in [1.807, 2.05) is 6.07 Å². The SMILES string of the molecule is OC[C@H]1O[C@@H](n2cnc3c(N[C@H](CO)[C@H](O)c4ccccc4)ncnc32)C(O)C1O. The molecule has 11 heteroatoms. The van der Waals surface area contributed by atoms with Crippen molar-refractivity contribution >= 4 is 17.0 Å². The molecule has 3 aromatic rings. The van der Waals surface area contributed by atoms with Crippen molar-refractivity contribution in [1.82, 2.24) is 19.5 Å². The molecule has 160 valence electrons. The third-order valence-electron chi connectivity index (χ3n) is 5.19. The predicted molar refractivity (Wildman–Crippen MR) is 104 cm³/mol. The Bertz CT molecular complexity index is 986. The first kappa shape index (κ1) is 20.6. The minimum Gasteiger partial charge on any atom is -0.394 e. The maximum absolute atomic E-state index is 10.6. The van der Waals surface area contributed by atoms with Crippen LogP contribution in [-0.2, 0) is 4.74 Å². The standard InChI is InChI=1S/C19H23N5O6/c25-6-11(14(27)10-4-2-1-3-5-10)23-17-13-18(21-8-20-17)24(9-22-13)19-16(29)15(28)12(7-26)30-19/h1-5,8-9,11-12,14-16,19,25-29H,6-7H2,(H,20,21,23)/t11-,12-,14-,15?,16?,19-/m1/s1. The second kappa shape index (κ2) is 8.60. The minimum absolute atomic E-state index is 0.277. The van der Waals surface area contributed by atoms with Gasteiger partial charge in [0.15, 0.2) is 23.2 Å². The highest BCUT2D eigenvalue weighted by atomic mass is 16.6. The maximum atomic E-state index is 10.6. The van der Waals surface area contributed by atoms with Gasteiger partial charge in [0.25, 0.3) is 0 Å². The number of rotatable bonds is 7. The van der Waals surface area contributed by atoms with E-state index in [1.165, 1.54) is 17.2 Å². The van der Waals surface area contributed by atoms with Crippen LogP contribution in [0.4, 0.5) is 5.82 Å². The van der Waals surface area contributed by atoms with E-state index in [1.54, 1.807) is 24.3 Å². The Morgan fingerprint density at radius 1 is 1.07 bits per heavy atom. The molecule has 1 aromatic carbocycles. The summed E-state index contributed by atoms with van der Waals surface area (Å²) in [4.78, 5) is 12.6. The lowest BCUT2D eigenvalue weighted by molar-refractivity contribution is -0.0511. The molecule has 11 nitrogen and oxygen atoms in total. The number of aromatic nitrogens is 4. The average molecular weight is 417 g/mol. The zero-order chi connectivity index (χ0) is 21.3. The van der Waals surface area contributed by atoms with Crippen LogP contribution in [-0.4, -0.2) is 82.6 Å². The molecule has 0 aliphatic carbocycles. The normalized spacial score (nSPS) is 26.0. The van der Waals surface area contributed by atoms with Crippen molar-refractivity contribution < 1.29 is 30.3 Å². The van der Waals surface area contributed by atoms with E-state index < -0.39 is 43.3 Å². The monoisotopic (exact) mass is 417 g/mol. The highest BCUT2D eigenvalue weighted by molar-refractivity contribution is 5.82. The second-order valence-electron chi connectivity index (χ2n) is 7.06. The third kappa shape index (κ3) is 3.62. The molecule has 1 aliphatic heterocycles. The lowest BCUT2D eigenvalue weighted by Gasteiger charge is -2.23. The van der Waals surface area contributed by atoms with Gasteiger partial charge in [0.1, 0.15) is 30.7 Å². The number of ether oxygens (including phenoxy) is 1. The van der Waals surface area contributed by atoms with Crippen molar-refractivity contribution in [2.75, 3.05) is 18.5 Å². The summed E-state index contributed by atoms with van der Waals surface area (Å²) in [5.41, 5.74) is 1.27. The Balaban J connectivity index is 1.62. The Morgan fingerprint density at radius 3 is 2.50 bits per heavy atom. The predicted octanol–water partition coefficient (Wildman–Crippen LogP) is -1.06. The molecule has 6 N–H and O–H groups in total. The summed E-state index contributed by atoms with van der Waals surface area (Å²) >= 11 is 0. The third-order valence-corrected chi connectivity index (χ3v) is 5.19. The van der Waals surface area contributed by atoms with Gasteiger partial charge in [-0.1, -0.05) is 30.3 Å². The van der Waals surface area contributed by atoms with Gasteiger partial charge in [0, 0.05) is 0 Å². The quantitative estimate of drug-likeness (QED) is 0.279. The van der Waals surface area contributed by atoms with Gasteiger partial charge in [-0.25, -0.2) is 15.0 Å². The van der Waals surface area contributed by atoms with E-state index in [9.17, 15) is 25.5 Å². The zero-order valence-electron chi connectivity index (χ0n) is 15.9. The highest BCUT2D eigenvalue weighted by Crippen LogP contribution is 2.32. The van der Waals surface area contributed by atoms with Crippen LogP contribution in [0.2, 0.25) is 0 Å². The van der Waals surface area contributed by atoms with Gasteiger partial charge in [-0.15, -0.1) is 0 Å². The van der Waals surface area contributed by atoms with E-state index in [0.29, 0.717) is 16.7 Å². The Kier molecular flexibility index (Phi) is 5.90. The van der Waals surface area contributed by atoms with Crippen LogP contribution in [0.3, 0.4) is 0 Å². The molecule has 0 radical (unpaired) electrons. The number of aliphatic hydroxyl groups excluding tert-OH is 5. The lowest BCUT2D eigenvalue weighted by atomic mass is 10.0. The molecule has 0 amide bonds. The molecule has 6 atom stereocenters. The summed E-state index contributed by atoms with van der Waals surface area (Å²) in [7, 11) is 0. The molecule has 2 unspecified atom stereocenters. The molecular weight excluding hydrogens is 394 g/mol. The zero-order valence-corrected chi connectivity index (χ0v) is 15.9. The first-order valence-corrected chi connectivity index (χ1v) is 9.45. The minimum atomic E-state index is -1.28. The van der Waals surface area contributed by atoms with E-state index in [0.717, 1.165) is 0 Å². The van der Waals surface area contributed by atoms with Gasteiger partial charge in [0.2, 0.25) is 0 Å². The summed E-state index contributed by atoms with van der Waals surface area (Å²) in [6.07, 6.45) is -2.80. The van der Waals surface area contributed by atoms with E-state index in [4.69, 9.17) is 4.74 Å². The Labute approximate surface area is 171 Å². The summed E-state index contributed by atoms with van der Waals surface area (Å²) in [6.45, 7) is -0.810. The number of nitrogens with one attached hydrogen (secondary N) is 1. The molecule has 0 spiro atoms. The largest absolute Gasteiger partial charge is 0.394 e. The number of benzene rings is 1. The molecule has 0 saturated carbocycles. The molecular formula is C19H23N5O6. The maximum Gasteiger partial charge on any atom is 0.167 e. The van der Waals surface area contributed by atoms with Gasteiger partial charge in [-0.05, 0) is 5.56 Å². The average Bonchev–Trinajstić information content (AvgIpc) is 3.33. The number of hydrogen-bond donors (Lipinski definition) is 6. The summed E-state index contributed by atoms with van der Waals surface area (Å²) in [5.74, 6) is 0.277. The summed E-state index contributed by atoms with van der Waals surface area (Å²) in [6, 6.07) is 8.15. The second-order valence-corrected chi connectivity index (χ2v) is 7.06. The van der Waals surface area contributed by atoms with Crippen LogP contribution in [0.25, 0.3) is 11.2 Å². The molecule has 1 fully saturated rings. The smallest absolute Gasteiger partial charge is 0.167 e. The van der Waals surface area contributed by atoms with Crippen LogP contribution in [0.1, 0.15) is 17.9 Å². The number of imidazole rings is 1. The van der Waals surface area contributed by atoms with Gasteiger partial charge < -0.3 is 35.6 Å².